The number of hydrogen-bond donors (Lipinski definition) is 1. The first-order valence-corrected chi connectivity index (χ1v) is 12.4. The molecule has 1 N–H and O–H groups in total. The molecule has 33 heavy (non-hydrogen) atoms. The zero-order valence-corrected chi connectivity index (χ0v) is 20.2. The van der Waals surface area contributed by atoms with E-state index in [1.165, 1.54) is 19.2 Å². The molecule has 0 saturated heterocycles. The Hall–Kier alpha value is -3.02. The first-order valence-electron chi connectivity index (χ1n) is 10.6. The quantitative estimate of drug-likeness (QED) is 0.561. The number of aliphatic hydroxyl groups is 1. The maximum Gasteiger partial charge on any atom is 0.232 e. The molecule has 0 radical (unpaired) electrons. The lowest BCUT2D eigenvalue weighted by Gasteiger charge is -2.19. The number of sulfonamides is 1. The van der Waals surface area contributed by atoms with Gasteiger partial charge in [0.2, 0.25) is 10.0 Å². The number of benzene rings is 1. The monoisotopic (exact) mass is 471 g/mol. The molecule has 0 fully saturated rings. The maximum absolute atomic E-state index is 13.6. The van der Waals surface area contributed by atoms with Crippen molar-refractivity contribution >= 4 is 21.4 Å². The molecule has 1 aliphatic heterocycles. The van der Waals surface area contributed by atoms with Crippen LogP contribution in [0.3, 0.4) is 0 Å². The standard InChI is InChI=1S/C25H30FN3O3S/c1-17(2)25-23(11-6-18(3)16-21(30)14-15-27)22(19-7-9-20(26)10-8-19)12-13-24(28-25)29(4)33(5,31)32/h6-12,17,21,30H,3,13-14,16H2,1-2,4-5H3/b11-6+/t21-/m0/s1. The average Bonchev–Trinajstić information content (AvgIpc) is 2.91. The summed E-state index contributed by atoms with van der Waals surface area (Å²) in [4.78, 5) is 4.73. The van der Waals surface area contributed by atoms with Crippen molar-refractivity contribution in [1.29, 1.82) is 5.26 Å². The van der Waals surface area contributed by atoms with E-state index < -0.39 is 16.1 Å². The molecule has 8 heteroatoms. The van der Waals surface area contributed by atoms with Gasteiger partial charge < -0.3 is 5.11 Å². The lowest BCUT2D eigenvalue weighted by molar-refractivity contribution is 0.181. The van der Waals surface area contributed by atoms with Gasteiger partial charge in [0.05, 0.1) is 30.5 Å². The van der Waals surface area contributed by atoms with Crippen molar-refractivity contribution in [2.75, 3.05) is 13.3 Å². The number of nitrogens with zero attached hydrogens (tertiary/aromatic N) is 3. The van der Waals surface area contributed by atoms with Gasteiger partial charge in [0.1, 0.15) is 11.7 Å². The van der Waals surface area contributed by atoms with E-state index >= 15 is 0 Å². The normalized spacial score (nSPS) is 15.7. The van der Waals surface area contributed by atoms with Crippen molar-refractivity contribution in [3.8, 4) is 6.07 Å². The number of halogens is 1. The van der Waals surface area contributed by atoms with E-state index in [0.29, 0.717) is 17.1 Å². The molecule has 1 aliphatic rings. The summed E-state index contributed by atoms with van der Waals surface area (Å²) in [5.41, 5.74) is 3.62. The van der Waals surface area contributed by atoms with Crippen LogP contribution in [0, 0.1) is 23.1 Å². The molecule has 1 atom stereocenters. The Bertz CT molecular complexity index is 1150. The minimum absolute atomic E-state index is 0.0129. The topological polar surface area (TPSA) is 93.8 Å². The highest BCUT2D eigenvalue weighted by Crippen LogP contribution is 2.34. The number of nitriles is 1. The zero-order chi connectivity index (χ0) is 24.8. The minimum Gasteiger partial charge on any atom is -0.392 e. The Kier molecular flexibility index (Phi) is 8.91. The molecule has 0 aliphatic carbocycles. The van der Waals surface area contributed by atoms with Crippen molar-refractivity contribution in [1.82, 2.24) is 4.31 Å². The zero-order valence-electron chi connectivity index (χ0n) is 19.4. The summed E-state index contributed by atoms with van der Waals surface area (Å²) in [6.07, 6.45) is 6.33. The van der Waals surface area contributed by atoms with Crippen LogP contribution in [0.15, 0.2) is 70.9 Å². The van der Waals surface area contributed by atoms with Gasteiger partial charge in [-0.05, 0) is 35.6 Å². The molecule has 0 unspecified atom stereocenters. The number of hydrogen-bond acceptors (Lipinski definition) is 5. The number of rotatable bonds is 8. The van der Waals surface area contributed by atoms with Gasteiger partial charge in [-0.3, -0.25) is 4.31 Å². The van der Waals surface area contributed by atoms with Gasteiger partial charge >= 0.3 is 0 Å². The number of amidine groups is 1. The highest BCUT2D eigenvalue weighted by Gasteiger charge is 2.23. The highest BCUT2D eigenvalue weighted by atomic mass is 32.2. The summed E-state index contributed by atoms with van der Waals surface area (Å²) in [6, 6.07) is 8.02. The van der Waals surface area contributed by atoms with Crippen LogP contribution in [0.25, 0.3) is 5.57 Å². The van der Waals surface area contributed by atoms with Crippen molar-refractivity contribution in [3.05, 3.63) is 77.3 Å². The first-order chi connectivity index (χ1) is 15.4. The smallest absolute Gasteiger partial charge is 0.232 e. The van der Waals surface area contributed by atoms with Crippen LogP contribution >= 0.6 is 0 Å². The van der Waals surface area contributed by atoms with Crippen LogP contribution in [0.2, 0.25) is 0 Å². The van der Waals surface area contributed by atoms with Crippen molar-refractivity contribution in [3.63, 3.8) is 0 Å². The molecule has 0 saturated carbocycles. The predicted molar refractivity (Wildman–Crippen MR) is 130 cm³/mol. The number of allylic oxidation sites excluding steroid dienone is 5. The van der Waals surface area contributed by atoms with Crippen molar-refractivity contribution in [2.45, 2.75) is 39.2 Å². The fourth-order valence-corrected chi connectivity index (χ4v) is 3.84. The van der Waals surface area contributed by atoms with Crippen LogP contribution in [0.4, 0.5) is 4.39 Å². The minimum atomic E-state index is -3.50. The molecule has 1 heterocycles. The second-order valence-corrected chi connectivity index (χ2v) is 10.3. The Morgan fingerprint density at radius 1 is 1.36 bits per heavy atom. The number of aliphatic imine (C=N–C) groups is 1. The molecule has 1 aromatic carbocycles. The van der Waals surface area contributed by atoms with Crippen LogP contribution in [0.5, 0.6) is 0 Å². The SMILES string of the molecule is C=C(/C=C/C1=C(C(C)C)N=C(N(C)S(C)(=O)=O)CC=C1c1ccc(F)cc1)C[C@@H](O)CC#N. The van der Waals surface area contributed by atoms with Gasteiger partial charge in [-0.2, -0.15) is 5.26 Å². The summed E-state index contributed by atoms with van der Waals surface area (Å²) in [7, 11) is -2.03. The molecule has 1 aromatic rings. The molecule has 0 amide bonds. The predicted octanol–water partition coefficient (Wildman–Crippen LogP) is 4.59. The van der Waals surface area contributed by atoms with Crippen LogP contribution in [0.1, 0.15) is 38.7 Å². The van der Waals surface area contributed by atoms with Gasteiger partial charge in [0.25, 0.3) is 0 Å². The Morgan fingerprint density at radius 2 is 2.00 bits per heavy atom. The third-order valence-electron chi connectivity index (χ3n) is 5.18. The van der Waals surface area contributed by atoms with Crippen molar-refractivity contribution < 1.29 is 17.9 Å². The maximum atomic E-state index is 13.6. The van der Waals surface area contributed by atoms with E-state index in [1.807, 2.05) is 32.1 Å². The fourth-order valence-electron chi connectivity index (χ4n) is 3.34. The molecule has 0 bridgehead atoms. The molecular weight excluding hydrogens is 441 g/mol. The Morgan fingerprint density at radius 3 is 2.55 bits per heavy atom. The average molecular weight is 472 g/mol. The summed E-state index contributed by atoms with van der Waals surface area (Å²) in [6.45, 7) is 7.89. The van der Waals surface area contributed by atoms with E-state index in [9.17, 15) is 17.9 Å². The van der Waals surface area contributed by atoms with Crippen LogP contribution < -0.4 is 0 Å². The van der Waals surface area contributed by atoms with E-state index in [1.54, 1.807) is 18.2 Å². The largest absolute Gasteiger partial charge is 0.392 e. The lowest BCUT2D eigenvalue weighted by atomic mass is 9.91. The van der Waals surface area contributed by atoms with Gasteiger partial charge in [-0.1, -0.05) is 56.4 Å². The second-order valence-electron chi connectivity index (χ2n) is 8.25. The van der Waals surface area contributed by atoms with E-state index in [2.05, 4.69) is 6.58 Å². The van der Waals surface area contributed by atoms with E-state index in [4.69, 9.17) is 10.3 Å². The highest BCUT2D eigenvalue weighted by molar-refractivity contribution is 7.88. The molecule has 176 valence electrons. The molecule has 0 aromatic heterocycles. The number of aliphatic hydroxyl groups excluding tert-OH is 1. The summed E-state index contributed by atoms with van der Waals surface area (Å²) in [5.74, 6) is -0.0220. The van der Waals surface area contributed by atoms with Gasteiger partial charge in [0, 0.05) is 19.0 Å². The molecule has 0 spiro atoms. The summed E-state index contributed by atoms with van der Waals surface area (Å²) >= 11 is 0. The molecule has 6 nitrogen and oxygen atoms in total. The Balaban J connectivity index is 2.63. The summed E-state index contributed by atoms with van der Waals surface area (Å²) < 4.78 is 39.0. The van der Waals surface area contributed by atoms with Crippen LogP contribution in [-0.2, 0) is 10.0 Å². The second kappa shape index (κ2) is 11.2. The lowest BCUT2D eigenvalue weighted by Crippen LogP contribution is -2.32. The van der Waals surface area contributed by atoms with E-state index in [-0.39, 0.29) is 31.0 Å². The third-order valence-corrected chi connectivity index (χ3v) is 6.38. The molecule has 2 rings (SSSR count). The fraction of sp³-hybridized carbons (Fsp3) is 0.360. The van der Waals surface area contributed by atoms with Gasteiger partial charge in [-0.25, -0.2) is 17.8 Å². The summed E-state index contributed by atoms with van der Waals surface area (Å²) in [5, 5.41) is 18.7. The Labute approximate surface area is 195 Å². The molecular formula is C25H30FN3O3S. The first kappa shape index (κ1) is 26.2. The van der Waals surface area contributed by atoms with Gasteiger partial charge in [0.15, 0.2) is 0 Å². The third kappa shape index (κ3) is 7.24. The van der Waals surface area contributed by atoms with Gasteiger partial charge in [-0.15, -0.1) is 0 Å². The van der Waals surface area contributed by atoms with E-state index in [0.717, 1.165) is 27.3 Å². The van der Waals surface area contributed by atoms with Crippen molar-refractivity contribution in [2.24, 2.45) is 10.9 Å². The van der Waals surface area contributed by atoms with Crippen LogP contribution in [-0.4, -0.2) is 43.1 Å².